The molecule has 21 heavy (non-hydrogen) atoms. The van der Waals surface area contributed by atoms with E-state index in [0.29, 0.717) is 11.3 Å². The molecular weight excluding hydrogens is 274 g/mol. The lowest BCUT2D eigenvalue weighted by atomic mass is 10.1. The molecule has 1 rings (SSSR count). The first kappa shape index (κ1) is 16.4. The van der Waals surface area contributed by atoms with Crippen LogP contribution in [0.2, 0.25) is 0 Å². The third-order valence-corrected chi connectivity index (χ3v) is 2.19. The Morgan fingerprint density at radius 2 is 1.90 bits per heavy atom. The topological polar surface area (TPSA) is 131 Å². The SMILES string of the molecule is CC(C)(O)C#Cc1ccc(O/C(NN)=C(/N)C(=O)O)cc1. The molecule has 0 fully saturated rings. The molecule has 0 spiro atoms. The van der Waals surface area contributed by atoms with E-state index in [1.54, 1.807) is 38.1 Å². The van der Waals surface area contributed by atoms with E-state index in [0.717, 1.165) is 0 Å². The Morgan fingerprint density at radius 3 is 2.33 bits per heavy atom. The number of aliphatic hydroxyl groups is 1. The predicted molar refractivity (Wildman–Crippen MR) is 76.4 cm³/mol. The van der Waals surface area contributed by atoms with Gasteiger partial charge in [0.15, 0.2) is 5.70 Å². The molecule has 112 valence electrons. The zero-order chi connectivity index (χ0) is 16.0. The van der Waals surface area contributed by atoms with Crippen molar-refractivity contribution in [2.45, 2.75) is 19.4 Å². The average Bonchev–Trinajstić information content (AvgIpc) is 2.42. The third kappa shape index (κ3) is 5.44. The molecule has 0 atom stereocenters. The Kier molecular flexibility index (Phi) is 5.18. The summed E-state index contributed by atoms with van der Waals surface area (Å²) in [6, 6.07) is 6.44. The monoisotopic (exact) mass is 291 g/mol. The number of hydrogen-bond donors (Lipinski definition) is 5. The Morgan fingerprint density at radius 1 is 1.33 bits per heavy atom. The van der Waals surface area contributed by atoms with E-state index in [1.807, 2.05) is 0 Å². The van der Waals surface area contributed by atoms with Crippen molar-refractivity contribution >= 4 is 5.97 Å². The van der Waals surface area contributed by atoms with Crippen LogP contribution in [0.4, 0.5) is 0 Å². The minimum Gasteiger partial charge on any atom is -0.476 e. The van der Waals surface area contributed by atoms with Crippen LogP contribution in [0, 0.1) is 11.8 Å². The van der Waals surface area contributed by atoms with E-state index in [4.69, 9.17) is 21.4 Å². The van der Waals surface area contributed by atoms with Gasteiger partial charge in [-0.1, -0.05) is 11.8 Å². The van der Waals surface area contributed by atoms with Gasteiger partial charge in [0.05, 0.1) is 0 Å². The highest BCUT2D eigenvalue weighted by Crippen LogP contribution is 2.14. The summed E-state index contributed by atoms with van der Waals surface area (Å²) in [5, 5.41) is 18.3. The van der Waals surface area contributed by atoms with E-state index in [2.05, 4.69) is 17.3 Å². The van der Waals surface area contributed by atoms with Crippen molar-refractivity contribution in [1.29, 1.82) is 0 Å². The molecule has 0 bridgehead atoms. The molecule has 1 aromatic rings. The molecule has 0 aliphatic heterocycles. The van der Waals surface area contributed by atoms with Crippen molar-refractivity contribution in [1.82, 2.24) is 5.43 Å². The fraction of sp³-hybridized carbons (Fsp3) is 0.214. The summed E-state index contributed by atoms with van der Waals surface area (Å²) >= 11 is 0. The van der Waals surface area contributed by atoms with Gasteiger partial charge in [-0.15, -0.1) is 0 Å². The number of hydrogen-bond acceptors (Lipinski definition) is 6. The number of carboxylic acid groups (broad SMARTS) is 1. The van der Waals surface area contributed by atoms with Crippen molar-refractivity contribution in [2.24, 2.45) is 11.6 Å². The van der Waals surface area contributed by atoms with Crippen molar-refractivity contribution in [2.75, 3.05) is 0 Å². The average molecular weight is 291 g/mol. The van der Waals surface area contributed by atoms with Crippen LogP contribution in [-0.2, 0) is 4.79 Å². The van der Waals surface area contributed by atoms with Crippen LogP contribution in [0.1, 0.15) is 19.4 Å². The first-order chi connectivity index (χ1) is 9.73. The summed E-state index contributed by atoms with van der Waals surface area (Å²) in [5.74, 6) is 9.34. The predicted octanol–water partition coefficient (Wildman–Crippen LogP) is -0.136. The molecule has 0 heterocycles. The second kappa shape index (κ2) is 6.65. The maximum absolute atomic E-state index is 10.7. The quantitative estimate of drug-likeness (QED) is 0.172. The van der Waals surface area contributed by atoms with Crippen molar-refractivity contribution in [3.63, 3.8) is 0 Å². The summed E-state index contributed by atoms with van der Waals surface area (Å²) in [6.45, 7) is 3.16. The molecule has 0 saturated heterocycles. The highest BCUT2D eigenvalue weighted by atomic mass is 16.5. The Bertz CT molecular complexity index is 604. The fourth-order valence-electron chi connectivity index (χ4n) is 1.21. The smallest absolute Gasteiger partial charge is 0.357 e. The minimum atomic E-state index is -1.35. The van der Waals surface area contributed by atoms with Crippen LogP contribution in [0.3, 0.4) is 0 Å². The van der Waals surface area contributed by atoms with Gasteiger partial charge in [0, 0.05) is 5.56 Å². The molecule has 0 aliphatic rings. The molecule has 0 amide bonds. The van der Waals surface area contributed by atoms with Crippen LogP contribution in [0.5, 0.6) is 5.75 Å². The van der Waals surface area contributed by atoms with Gasteiger partial charge >= 0.3 is 5.97 Å². The van der Waals surface area contributed by atoms with Gasteiger partial charge in [0.1, 0.15) is 11.4 Å². The summed E-state index contributed by atoms with van der Waals surface area (Å²) in [7, 11) is 0. The van der Waals surface area contributed by atoms with E-state index < -0.39 is 17.3 Å². The molecule has 7 heteroatoms. The molecule has 0 saturated carbocycles. The summed E-state index contributed by atoms with van der Waals surface area (Å²) in [6.07, 6.45) is 0. The largest absolute Gasteiger partial charge is 0.476 e. The molecular formula is C14H17N3O4. The van der Waals surface area contributed by atoms with Gasteiger partial charge in [-0.3, -0.25) is 5.43 Å². The van der Waals surface area contributed by atoms with E-state index in [-0.39, 0.29) is 5.88 Å². The van der Waals surface area contributed by atoms with Crippen molar-refractivity contribution in [3.05, 3.63) is 41.4 Å². The van der Waals surface area contributed by atoms with Crippen LogP contribution < -0.4 is 21.7 Å². The Hall–Kier alpha value is -2.69. The first-order valence-electron chi connectivity index (χ1n) is 5.96. The third-order valence-electron chi connectivity index (χ3n) is 2.19. The van der Waals surface area contributed by atoms with Gasteiger partial charge in [-0.05, 0) is 38.1 Å². The molecule has 1 aromatic carbocycles. The lowest BCUT2D eigenvalue weighted by Crippen LogP contribution is -2.31. The van der Waals surface area contributed by atoms with Gasteiger partial charge < -0.3 is 20.7 Å². The number of benzene rings is 1. The lowest BCUT2D eigenvalue weighted by molar-refractivity contribution is -0.132. The summed E-state index contributed by atoms with van der Waals surface area (Å²) < 4.78 is 5.23. The highest BCUT2D eigenvalue weighted by molar-refractivity contribution is 5.85. The number of aliphatic carboxylic acids is 1. The zero-order valence-electron chi connectivity index (χ0n) is 11.7. The number of hydrazine groups is 1. The van der Waals surface area contributed by atoms with Gasteiger partial charge in [-0.2, -0.15) is 0 Å². The molecule has 0 unspecified atom stereocenters. The van der Waals surface area contributed by atoms with Crippen LogP contribution in [0.15, 0.2) is 35.8 Å². The second-order valence-electron chi connectivity index (χ2n) is 4.63. The number of carboxylic acids is 1. The van der Waals surface area contributed by atoms with Gasteiger partial charge in [0.25, 0.3) is 0 Å². The number of nitrogens with one attached hydrogen (secondary N) is 1. The number of ether oxygens (including phenoxy) is 1. The van der Waals surface area contributed by atoms with Crippen LogP contribution in [-0.4, -0.2) is 21.8 Å². The van der Waals surface area contributed by atoms with Crippen molar-refractivity contribution < 1.29 is 19.7 Å². The summed E-state index contributed by atoms with van der Waals surface area (Å²) in [5.41, 5.74) is 6.44. The van der Waals surface area contributed by atoms with E-state index in [9.17, 15) is 9.90 Å². The Balaban J connectivity index is 2.90. The number of nitrogens with two attached hydrogens (primary N) is 2. The van der Waals surface area contributed by atoms with Gasteiger partial charge in [-0.25, -0.2) is 10.6 Å². The van der Waals surface area contributed by atoms with Crippen LogP contribution in [0.25, 0.3) is 0 Å². The maximum atomic E-state index is 10.7. The Labute approximate surface area is 122 Å². The second-order valence-corrected chi connectivity index (χ2v) is 4.63. The highest BCUT2D eigenvalue weighted by Gasteiger charge is 2.12. The minimum absolute atomic E-state index is 0.266. The van der Waals surface area contributed by atoms with Gasteiger partial charge in [0.2, 0.25) is 5.88 Å². The number of rotatable bonds is 4. The normalized spacial score (nSPS) is 11.8. The molecule has 7 nitrogen and oxygen atoms in total. The molecule has 0 aromatic heterocycles. The maximum Gasteiger partial charge on any atom is 0.357 e. The molecule has 7 N–H and O–H groups in total. The van der Waals surface area contributed by atoms with Crippen LogP contribution >= 0.6 is 0 Å². The summed E-state index contributed by atoms with van der Waals surface area (Å²) in [4.78, 5) is 10.7. The lowest BCUT2D eigenvalue weighted by Gasteiger charge is -2.10. The van der Waals surface area contributed by atoms with Crippen molar-refractivity contribution in [3.8, 4) is 17.6 Å². The fourth-order valence-corrected chi connectivity index (χ4v) is 1.21. The number of carbonyl (C=O) groups is 1. The standard InChI is InChI=1S/C14H17N3O4/c1-14(2,20)8-7-9-3-5-10(6-4-9)21-12(17-16)11(15)13(18)19/h3-6,17,20H,15-16H2,1-2H3,(H,18,19)/b12-11+. The molecule has 0 aliphatic carbocycles. The first-order valence-corrected chi connectivity index (χ1v) is 5.96. The molecule has 0 radical (unpaired) electrons. The van der Waals surface area contributed by atoms with E-state index in [1.165, 1.54) is 0 Å². The van der Waals surface area contributed by atoms with E-state index >= 15 is 0 Å². The zero-order valence-corrected chi connectivity index (χ0v) is 11.7.